The van der Waals surface area contributed by atoms with Crippen molar-refractivity contribution in [2.45, 2.75) is 6.92 Å². The number of aliphatic imine (C=N–C) groups is 1. The van der Waals surface area contributed by atoms with Gasteiger partial charge in [0.1, 0.15) is 12.4 Å². The first kappa shape index (κ1) is 22.2. The van der Waals surface area contributed by atoms with Gasteiger partial charge in [-0.2, -0.15) is 0 Å². The Morgan fingerprint density at radius 2 is 2.00 bits per heavy atom. The van der Waals surface area contributed by atoms with E-state index < -0.39 is 0 Å². The highest BCUT2D eigenvalue weighted by Crippen LogP contribution is 2.33. The van der Waals surface area contributed by atoms with Crippen LogP contribution in [-0.2, 0) is 0 Å². The second kappa shape index (κ2) is 9.09. The third kappa shape index (κ3) is 4.18. The molecule has 0 spiro atoms. The van der Waals surface area contributed by atoms with Crippen molar-refractivity contribution >= 4 is 34.1 Å². The lowest BCUT2D eigenvalue weighted by Crippen LogP contribution is -2.51. The zero-order chi connectivity index (χ0) is 24.6. The van der Waals surface area contributed by atoms with Gasteiger partial charge in [0.25, 0.3) is 0 Å². The summed E-state index contributed by atoms with van der Waals surface area (Å²) in [6, 6.07) is 12.1. The minimum atomic E-state index is 0.471. The largest absolute Gasteiger partial charge is 0.487 e. The molecule has 184 valence electrons. The van der Waals surface area contributed by atoms with Crippen molar-refractivity contribution in [1.82, 2.24) is 31.0 Å². The lowest BCUT2D eigenvalue weighted by Gasteiger charge is -2.39. The van der Waals surface area contributed by atoms with Crippen LogP contribution in [0.5, 0.6) is 5.75 Å². The minimum absolute atomic E-state index is 0.471. The number of oxazole rings is 1. The summed E-state index contributed by atoms with van der Waals surface area (Å²) in [5.41, 5.74) is 13.4. The summed E-state index contributed by atoms with van der Waals surface area (Å²) in [5.74, 6) is 2.16. The highest BCUT2D eigenvalue weighted by Gasteiger charge is 2.25. The molecule has 6 rings (SSSR count). The molecule has 9 heteroatoms. The number of guanidine groups is 1. The van der Waals surface area contributed by atoms with E-state index in [-0.39, 0.29) is 0 Å². The Morgan fingerprint density at radius 1 is 1.17 bits per heavy atom. The molecule has 3 aliphatic heterocycles. The van der Waals surface area contributed by atoms with Crippen LogP contribution in [0.4, 0.5) is 5.69 Å². The van der Waals surface area contributed by atoms with Crippen molar-refractivity contribution in [3.63, 3.8) is 0 Å². The Morgan fingerprint density at radius 3 is 2.81 bits per heavy atom. The summed E-state index contributed by atoms with van der Waals surface area (Å²) in [5, 5.41) is 3.38. The lowest BCUT2D eigenvalue weighted by atomic mass is 10.1. The van der Waals surface area contributed by atoms with Gasteiger partial charge < -0.3 is 29.7 Å². The summed E-state index contributed by atoms with van der Waals surface area (Å²) in [4.78, 5) is 13.9. The van der Waals surface area contributed by atoms with Gasteiger partial charge in [0.15, 0.2) is 17.0 Å². The van der Waals surface area contributed by atoms with Crippen LogP contribution in [0.3, 0.4) is 0 Å². The Hall–Kier alpha value is -4.24. The molecule has 1 fully saturated rings. The Kier molecular flexibility index (Phi) is 5.61. The monoisotopic (exact) mass is 483 g/mol. The van der Waals surface area contributed by atoms with E-state index in [9.17, 15) is 0 Å². The van der Waals surface area contributed by atoms with Gasteiger partial charge in [0, 0.05) is 68.4 Å². The van der Waals surface area contributed by atoms with Gasteiger partial charge in [-0.1, -0.05) is 31.4 Å². The summed E-state index contributed by atoms with van der Waals surface area (Å²) >= 11 is 0. The average Bonchev–Trinajstić information content (AvgIpc) is 3.56. The Bertz CT molecular complexity index is 1410. The number of aryl methyl sites for hydroxylation is 1. The molecule has 9 nitrogen and oxygen atoms in total. The molecule has 0 unspecified atom stereocenters. The van der Waals surface area contributed by atoms with Crippen LogP contribution < -0.4 is 20.9 Å². The molecule has 1 saturated heterocycles. The fraction of sp³-hybridized carbons (Fsp3) is 0.259. The first-order valence-electron chi connectivity index (χ1n) is 12.1. The normalized spacial score (nSPS) is 17.3. The summed E-state index contributed by atoms with van der Waals surface area (Å²) in [6.45, 7) is 14.9. The van der Waals surface area contributed by atoms with Gasteiger partial charge in [-0.25, -0.2) is 15.4 Å². The molecule has 0 saturated carbocycles. The predicted octanol–water partition coefficient (Wildman–Crippen LogP) is 3.36. The van der Waals surface area contributed by atoms with Crippen LogP contribution >= 0.6 is 0 Å². The molecule has 36 heavy (non-hydrogen) atoms. The van der Waals surface area contributed by atoms with Crippen molar-refractivity contribution in [2.24, 2.45) is 4.99 Å². The summed E-state index contributed by atoms with van der Waals surface area (Å²) in [7, 11) is 0. The third-order valence-electron chi connectivity index (χ3n) is 6.69. The minimum Gasteiger partial charge on any atom is -0.487 e. The van der Waals surface area contributed by atoms with Gasteiger partial charge in [-0.3, -0.25) is 0 Å². The van der Waals surface area contributed by atoms with Crippen molar-refractivity contribution in [3.05, 3.63) is 78.3 Å². The Labute approximate surface area is 209 Å². The van der Waals surface area contributed by atoms with Crippen LogP contribution in [0.2, 0.25) is 0 Å². The van der Waals surface area contributed by atoms with E-state index in [4.69, 9.17) is 14.1 Å². The molecule has 3 aromatic rings. The maximum absolute atomic E-state index is 6.16. The van der Waals surface area contributed by atoms with Gasteiger partial charge in [0.05, 0.1) is 5.69 Å². The van der Waals surface area contributed by atoms with E-state index in [1.165, 1.54) is 0 Å². The second-order valence-corrected chi connectivity index (χ2v) is 9.12. The number of ether oxygens (including phenoxy) is 1. The maximum atomic E-state index is 6.16. The number of para-hydroxylation sites is 1. The third-order valence-corrected chi connectivity index (χ3v) is 6.69. The topological polar surface area (TPSA) is 90.2 Å². The molecule has 1 aromatic heterocycles. The van der Waals surface area contributed by atoms with Crippen LogP contribution in [-0.4, -0.2) is 60.1 Å². The number of benzene rings is 2. The van der Waals surface area contributed by atoms with Gasteiger partial charge >= 0.3 is 0 Å². The number of rotatable bonds is 5. The van der Waals surface area contributed by atoms with E-state index in [1.807, 2.05) is 49.5 Å². The van der Waals surface area contributed by atoms with Crippen molar-refractivity contribution in [2.75, 3.05) is 39.3 Å². The van der Waals surface area contributed by atoms with Crippen LogP contribution in [0.15, 0.2) is 70.7 Å². The zero-order valence-electron chi connectivity index (χ0n) is 20.3. The number of aromatic nitrogens is 1. The molecule has 0 bridgehead atoms. The highest BCUT2D eigenvalue weighted by molar-refractivity contribution is 5.96. The van der Waals surface area contributed by atoms with E-state index in [0.717, 1.165) is 78.0 Å². The molecule has 4 heterocycles. The van der Waals surface area contributed by atoms with Gasteiger partial charge in [-0.05, 0) is 23.8 Å². The SMILES string of the molecule is C=C1NC(N2CCN(C(=C)c3cc(OCC4=CNNC4)c4nc(C)oc4c3)CC2)=Nc2ccccc21. The number of hydrogen-bond donors (Lipinski definition) is 3. The van der Waals surface area contributed by atoms with Gasteiger partial charge in [-0.15, -0.1) is 0 Å². The molecule has 0 aliphatic carbocycles. The average molecular weight is 484 g/mol. The highest BCUT2D eigenvalue weighted by atomic mass is 16.5. The summed E-state index contributed by atoms with van der Waals surface area (Å²) in [6.07, 6.45) is 1.92. The molecule has 0 atom stereocenters. The molecule has 3 N–H and O–H groups in total. The summed E-state index contributed by atoms with van der Waals surface area (Å²) < 4.78 is 12.0. The van der Waals surface area contributed by atoms with E-state index in [2.05, 4.69) is 44.1 Å². The molecular weight excluding hydrogens is 454 g/mol. The first-order chi connectivity index (χ1) is 17.5. The van der Waals surface area contributed by atoms with E-state index in [0.29, 0.717) is 23.8 Å². The number of fused-ring (bicyclic) bond motifs is 2. The molecular formula is C27H29N7O2. The maximum Gasteiger partial charge on any atom is 0.203 e. The van der Waals surface area contributed by atoms with Crippen LogP contribution in [0.25, 0.3) is 22.5 Å². The number of hydrogen-bond acceptors (Lipinski definition) is 9. The van der Waals surface area contributed by atoms with Crippen molar-refractivity contribution in [1.29, 1.82) is 0 Å². The van der Waals surface area contributed by atoms with Gasteiger partial charge in [0.2, 0.25) is 5.96 Å². The van der Waals surface area contributed by atoms with E-state index in [1.54, 1.807) is 0 Å². The standard InChI is InChI=1S/C27H29N7O2/c1-17-22-6-4-5-7-23(22)32-27(30-17)34-10-8-33(9-11-34)18(2)21-12-24(35-16-20-14-28-29-15-20)26-25(13-21)36-19(3)31-26/h4-7,12-14,28-29H,1-2,8-11,15-16H2,3H3,(H,30,32). The predicted molar refractivity (Wildman–Crippen MR) is 141 cm³/mol. The number of nitrogens with one attached hydrogen (secondary N) is 3. The Balaban J connectivity index is 1.17. The molecule has 2 aromatic carbocycles. The van der Waals surface area contributed by atoms with E-state index >= 15 is 0 Å². The van der Waals surface area contributed by atoms with Crippen molar-refractivity contribution < 1.29 is 9.15 Å². The smallest absolute Gasteiger partial charge is 0.203 e. The van der Waals surface area contributed by atoms with Crippen LogP contribution in [0.1, 0.15) is 17.0 Å². The molecule has 0 radical (unpaired) electrons. The zero-order valence-corrected chi connectivity index (χ0v) is 20.3. The fourth-order valence-electron chi connectivity index (χ4n) is 4.71. The quantitative estimate of drug-likeness (QED) is 0.509. The molecule has 3 aliphatic rings. The van der Waals surface area contributed by atoms with Crippen molar-refractivity contribution in [3.8, 4) is 5.75 Å². The van der Waals surface area contributed by atoms with Crippen LogP contribution in [0, 0.1) is 6.92 Å². The second-order valence-electron chi connectivity index (χ2n) is 9.12. The molecule has 0 amide bonds. The lowest BCUT2D eigenvalue weighted by molar-refractivity contribution is 0.245. The number of nitrogens with zero attached hydrogens (tertiary/aromatic N) is 4. The first-order valence-corrected chi connectivity index (χ1v) is 12.1. The number of hydrazine groups is 1. The fourth-order valence-corrected chi connectivity index (χ4v) is 4.71. The number of piperazine rings is 1.